The summed E-state index contributed by atoms with van der Waals surface area (Å²) in [5.41, 5.74) is 9.99. The van der Waals surface area contributed by atoms with Crippen molar-refractivity contribution in [1.82, 2.24) is 29.8 Å². The zero-order valence-electron chi connectivity index (χ0n) is 18.3. The van der Waals surface area contributed by atoms with Crippen LogP contribution in [0.1, 0.15) is 41.4 Å². The molecular formula is C25H22FN7O. The molecule has 0 aliphatic carbocycles. The molecule has 170 valence electrons. The van der Waals surface area contributed by atoms with Crippen molar-refractivity contribution in [2.24, 2.45) is 0 Å². The van der Waals surface area contributed by atoms with Crippen molar-refractivity contribution in [2.45, 2.75) is 25.3 Å². The number of halogens is 1. The number of aromatic nitrogens is 5. The normalized spacial score (nSPS) is 15.8. The van der Waals surface area contributed by atoms with E-state index >= 15 is 0 Å². The fraction of sp³-hybridized carbons (Fsp3) is 0.200. The first-order valence-corrected chi connectivity index (χ1v) is 11.0. The maximum atomic E-state index is 13.7. The van der Waals surface area contributed by atoms with Gasteiger partial charge in [0, 0.05) is 48.0 Å². The minimum absolute atomic E-state index is 0.118. The lowest BCUT2D eigenvalue weighted by Gasteiger charge is -2.36. The number of rotatable bonds is 4. The van der Waals surface area contributed by atoms with E-state index in [2.05, 4.69) is 24.9 Å². The third-order valence-corrected chi connectivity index (χ3v) is 5.93. The molecule has 1 aliphatic rings. The Morgan fingerprint density at radius 2 is 1.79 bits per heavy atom. The average Bonchev–Trinajstić information content (AvgIpc) is 2.89. The summed E-state index contributed by atoms with van der Waals surface area (Å²) in [6.45, 7) is 0.586. The van der Waals surface area contributed by atoms with Crippen LogP contribution in [0, 0.1) is 5.82 Å². The van der Waals surface area contributed by atoms with Gasteiger partial charge in [0.15, 0.2) is 0 Å². The molecule has 34 heavy (non-hydrogen) atoms. The van der Waals surface area contributed by atoms with Gasteiger partial charge in [-0.3, -0.25) is 9.78 Å². The van der Waals surface area contributed by atoms with Crippen LogP contribution in [0.3, 0.4) is 0 Å². The lowest BCUT2D eigenvalue weighted by molar-refractivity contribution is 0.0607. The van der Waals surface area contributed by atoms with Gasteiger partial charge in [0.05, 0.1) is 17.4 Å². The number of nitrogens with two attached hydrogens (primary N) is 1. The molecular weight excluding hydrogens is 433 g/mol. The van der Waals surface area contributed by atoms with Crippen molar-refractivity contribution >= 4 is 11.9 Å². The Morgan fingerprint density at radius 1 is 1.00 bits per heavy atom. The highest BCUT2D eigenvalue weighted by molar-refractivity contribution is 5.95. The van der Waals surface area contributed by atoms with Crippen molar-refractivity contribution in [3.05, 3.63) is 84.6 Å². The highest BCUT2D eigenvalue weighted by Crippen LogP contribution is 2.37. The molecule has 0 spiro atoms. The van der Waals surface area contributed by atoms with Gasteiger partial charge in [0.25, 0.3) is 5.91 Å². The van der Waals surface area contributed by atoms with E-state index in [1.165, 1.54) is 18.5 Å². The number of anilines is 1. The van der Waals surface area contributed by atoms with Crippen molar-refractivity contribution in [1.29, 1.82) is 0 Å². The summed E-state index contributed by atoms with van der Waals surface area (Å²) >= 11 is 0. The van der Waals surface area contributed by atoms with Gasteiger partial charge in [0.2, 0.25) is 5.95 Å². The maximum absolute atomic E-state index is 13.7. The molecule has 5 rings (SSSR count). The van der Waals surface area contributed by atoms with Gasteiger partial charge in [-0.05, 0) is 49.1 Å². The molecule has 9 heteroatoms. The molecule has 3 aromatic heterocycles. The summed E-state index contributed by atoms with van der Waals surface area (Å²) in [6.07, 6.45) is 10.6. The van der Waals surface area contributed by atoms with E-state index in [0.717, 1.165) is 36.0 Å². The van der Waals surface area contributed by atoms with Crippen LogP contribution in [0.25, 0.3) is 22.4 Å². The van der Waals surface area contributed by atoms with Gasteiger partial charge in [0.1, 0.15) is 12.1 Å². The summed E-state index contributed by atoms with van der Waals surface area (Å²) in [5.74, 6) is -0.310. The topological polar surface area (TPSA) is 111 Å². The minimum atomic E-state index is -0.326. The number of nitrogens with zero attached hydrogens (tertiary/aromatic N) is 6. The first-order valence-electron chi connectivity index (χ1n) is 11.0. The zero-order valence-corrected chi connectivity index (χ0v) is 18.3. The number of carbonyl (C=O) groups is 1. The van der Waals surface area contributed by atoms with E-state index in [1.54, 1.807) is 49.1 Å². The van der Waals surface area contributed by atoms with Gasteiger partial charge < -0.3 is 10.6 Å². The minimum Gasteiger partial charge on any atom is -0.368 e. The maximum Gasteiger partial charge on any atom is 0.254 e. The molecule has 4 heterocycles. The number of hydrogen-bond acceptors (Lipinski definition) is 7. The van der Waals surface area contributed by atoms with Gasteiger partial charge >= 0.3 is 0 Å². The SMILES string of the molecule is Nc1ncc(-c2ccc(F)cc2)c(C2CCCCN2C(=O)c2ccnc(-c3cncnc3)c2)n1. The number of likely N-dealkylation sites (tertiary alicyclic amines) is 1. The summed E-state index contributed by atoms with van der Waals surface area (Å²) in [5, 5.41) is 0. The fourth-order valence-corrected chi connectivity index (χ4v) is 4.29. The second-order valence-corrected chi connectivity index (χ2v) is 8.10. The van der Waals surface area contributed by atoms with Crippen molar-refractivity contribution in [3.63, 3.8) is 0 Å². The van der Waals surface area contributed by atoms with Crippen LogP contribution in [0.5, 0.6) is 0 Å². The van der Waals surface area contributed by atoms with E-state index in [0.29, 0.717) is 23.5 Å². The average molecular weight is 455 g/mol. The van der Waals surface area contributed by atoms with Crippen LogP contribution in [-0.4, -0.2) is 42.3 Å². The lowest BCUT2D eigenvalue weighted by atomic mass is 9.93. The molecule has 0 saturated carbocycles. The monoisotopic (exact) mass is 455 g/mol. The Bertz CT molecular complexity index is 1310. The molecule has 1 aliphatic heterocycles. The van der Waals surface area contributed by atoms with Crippen molar-refractivity contribution in [2.75, 3.05) is 12.3 Å². The quantitative estimate of drug-likeness (QED) is 0.493. The molecule has 1 unspecified atom stereocenters. The van der Waals surface area contributed by atoms with Gasteiger partial charge in [-0.1, -0.05) is 12.1 Å². The van der Waals surface area contributed by atoms with Crippen molar-refractivity contribution in [3.8, 4) is 22.4 Å². The highest BCUT2D eigenvalue weighted by Gasteiger charge is 2.32. The molecule has 1 atom stereocenters. The molecule has 1 fully saturated rings. The second-order valence-electron chi connectivity index (χ2n) is 8.10. The second kappa shape index (κ2) is 9.30. The van der Waals surface area contributed by atoms with Gasteiger partial charge in [-0.25, -0.2) is 24.3 Å². The third kappa shape index (κ3) is 4.32. The first kappa shape index (κ1) is 21.6. The number of benzene rings is 1. The Morgan fingerprint density at radius 3 is 2.59 bits per heavy atom. The van der Waals surface area contributed by atoms with E-state index in [4.69, 9.17) is 5.73 Å². The van der Waals surface area contributed by atoms with Crippen molar-refractivity contribution < 1.29 is 9.18 Å². The van der Waals surface area contributed by atoms with Crippen LogP contribution < -0.4 is 5.73 Å². The number of pyridine rings is 1. The van der Waals surface area contributed by atoms with Crippen LogP contribution in [0.4, 0.5) is 10.3 Å². The fourth-order valence-electron chi connectivity index (χ4n) is 4.29. The molecule has 1 aromatic carbocycles. The highest BCUT2D eigenvalue weighted by atomic mass is 19.1. The predicted molar refractivity (Wildman–Crippen MR) is 125 cm³/mol. The number of piperidine rings is 1. The molecule has 0 bridgehead atoms. The third-order valence-electron chi connectivity index (χ3n) is 5.93. The predicted octanol–water partition coefficient (Wildman–Crippen LogP) is 4.08. The summed E-state index contributed by atoms with van der Waals surface area (Å²) in [7, 11) is 0. The molecule has 1 amide bonds. The molecule has 2 N–H and O–H groups in total. The number of nitrogen functional groups attached to an aromatic ring is 1. The lowest BCUT2D eigenvalue weighted by Crippen LogP contribution is -2.39. The van der Waals surface area contributed by atoms with E-state index in [1.807, 2.05) is 4.90 Å². The molecule has 8 nitrogen and oxygen atoms in total. The Labute approximate surface area is 195 Å². The summed E-state index contributed by atoms with van der Waals surface area (Å²) in [4.78, 5) is 36.6. The molecule has 0 radical (unpaired) electrons. The van der Waals surface area contributed by atoms with Crippen LogP contribution >= 0.6 is 0 Å². The Balaban J connectivity index is 1.52. The van der Waals surface area contributed by atoms with E-state index in [9.17, 15) is 9.18 Å². The van der Waals surface area contributed by atoms with Crippen LogP contribution in [-0.2, 0) is 0 Å². The van der Waals surface area contributed by atoms with E-state index in [-0.39, 0.29) is 23.7 Å². The number of carbonyl (C=O) groups excluding carboxylic acids is 1. The van der Waals surface area contributed by atoms with Crippen LogP contribution in [0.15, 0.2) is 67.5 Å². The smallest absolute Gasteiger partial charge is 0.254 e. The number of amides is 1. The Hall–Kier alpha value is -4.27. The van der Waals surface area contributed by atoms with Gasteiger partial charge in [-0.15, -0.1) is 0 Å². The van der Waals surface area contributed by atoms with E-state index < -0.39 is 0 Å². The first-order chi connectivity index (χ1) is 16.6. The number of hydrogen-bond donors (Lipinski definition) is 1. The van der Waals surface area contributed by atoms with Gasteiger partial charge in [-0.2, -0.15) is 0 Å². The zero-order chi connectivity index (χ0) is 23.5. The summed E-state index contributed by atoms with van der Waals surface area (Å²) < 4.78 is 13.5. The van der Waals surface area contributed by atoms with Crippen LogP contribution in [0.2, 0.25) is 0 Å². The summed E-state index contributed by atoms with van der Waals surface area (Å²) in [6, 6.07) is 9.32. The molecule has 4 aromatic rings. The largest absolute Gasteiger partial charge is 0.368 e. The standard InChI is InChI=1S/C25H22FN7O/c26-19-6-4-16(5-7-19)20-14-31-25(27)32-23(20)22-3-1-2-10-33(22)24(34)17-8-9-30-21(11-17)18-12-28-15-29-13-18/h4-9,11-15,22H,1-3,10H2,(H2,27,31,32). The Kier molecular flexibility index (Phi) is 5.90. The molecule has 1 saturated heterocycles.